The van der Waals surface area contributed by atoms with E-state index in [4.69, 9.17) is 13.7 Å². The number of furan rings is 1. The Hall–Kier alpha value is -3.67. The zero-order chi connectivity index (χ0) is 18.6. The highest BCUT2D eigenvalue weighted by Crippen LogP contribution is 2.20. The Labute approximate surface area is 155 Å². The maximum Gasteiger partial charge on any atom is 0.223 e. The standard InChI is InChI=1S/C21H16N2O4/c1-14-22-21(23-27-14)13-25-17-9-6-15(7-10-17)8-11-18(24)20-12-16-4-2-3-5-19(16)26-20/h2-12H,13H2,1H3. The van der Waals surface area contributed by atoms with Crippen LogP contribution in [0.1, 0.15) is 27.8 Å². The van der Waals surface area contributed by atoms with Crippen LogP contribution in [0.4, 0.5) is 0 Å². The summed E-state index contributed by atoms with van der Waals surface area (Å²) in [5.74, 6) is 1.82. The summed E-state index contributed by atoms with van der Waals surface area (Å²) in [7, 11) is 0. The molecule has 0 spiro atoms. The first kappa shape index (κ1) is 16.8. The number of benzene rings is 2. The fourth-order valence-electron chi connectivity index (χ4n) is 2.58. The Kier molecular flexibility index (Phi) is 4.53. The average molecular weight is 360 g/mol. The number of ketones is 1. The minimum atomic E-state index is -0.181. The molecule has 0 aliphatic carbocycles. The summed E-state index contributed by atoms with van der Waals surface area (Å²) >= 11 is 0. The molecule has 0 unspecified atom stereocenters. The van der Waals surface area contributed by atoms with E-state index < -0.39 is 0 Å². The number of carbonyl (C=O) groups is 1. The Morgan fingerprint density at radius 1 is 1.15 bits per heavy atom. The van der Waals surface area contributed by atoms with Gasteiger partial charge in [0.15, 0.2) is 12.4 Å². The number of carbonyl (C=O) groups excluding carboxylic acids is 1. The summed E-state index contributed by atoms with van der Waals surface area (Å²) in [5, 5.41) is 4.68. The summed E-state index contributed by atoms with van der Waals surface area (Å²) in [4.78, 5) is 16.4. The number of rotatable bonds is 6. The van der Waals surface area contributed by atoms with E-state index in [1.54, 1.807) is 19.1 Å². The van der Waals surface area contributed by atoms with Gasteiger partial charge in [-0.25, -0.2) is 0 Å². The number of allylic oxidation sites excluding steroid dienone is 1. The number of fused-ring (bicyclic) bond motifs is 1. The highest BCUT2D eigenvalue weighted by Gasteiger charge is 2.09. The van der Waals surface area contributed by atoms with Crippen LogP contribution in [-0.2, 0) is 6.61 Å². The van der Waals surface area contributed by atoms with Gasteiger partial charge in [-0.1, -0.05) is 41.6 Å². The van der Waals surface area contributed by atoms with Gasteiger partial charge < -0.3 is 13.7 Å². The molecule has 27 heavy (non-hydrogen) atoms. The van der Waals surface area contributed by atoms with E-state index in [-0.39, 0.29) is 12.4 Å². The smallest absolute Gasteiger partial charge is 0.223 e. The van der Waals surface area contributed by atoms with Gasteiger partial charge in [0.25, 0.3) is 0 Å². The zero-order valence-electron chi connectivity index (χ0n) is 14.6. The average Bonchev–Trinajstić information content (AvgIpc) is 3.31. The van der Waals surface area contributed by atoms with Gasteiger partial charge in [0, 0.05) is 12.3 Å². The third-order valence-corrected chi connectivity index (χ3v) is 3.91. The molecule has 0 amide bonds. The first-order valence-electron chi connectivity index (χ1n) is 8.40. The Balaban J connectivity index is 1.39. The predicted molar refractivity (Wildman–Crippen MR) is 99.4 cm³/mol. The first-order valence-corrected chi connectivity index (χ1v) is 8.40. The minimum Gasteiger partial charge on any atom is -0.485 e. The summed E-state index contributed by atoms with van der Waals surface area (Å²) in [6.07, 6.45) is 3.23. The molecule has 2 aromatic heterocycles. The van der Waals surface area contributed by atoms with E-state index in [2.05, 4.69) is 10.1 Å². The molecule has 0 N–H and O–H groups in total. The van der Waals surface area contributed by atoms with Crippen molar-refractivity contribution in [1.29, 1.82) is 0 Å². The van der Waals surface area contributed by atoms with Crippen molar-refractivity contribution in [2.45, 2.75) is 13.5 Å². The molecular formula is C21H16N2O4. The zero-order valence-corrected chi connectivity index (χ0v) is 14.6. The molecule has 6 nitrogen and oxygen atoms in total. The van der Waals surface area contributed by atoms with E-state index in [0.29, 0.717) is 28.8 Å². The number of ether oxygens (including phenoxy) is 1. The number of para-hydroxylation sites is 1. The molecule has 0 fully saturated rings. The maximum absolute atomic E-state index is 12.3. The van der Waals surface area contributed by atoms with Crippen LogP contribution in [0.15, 0.2) is 69.6 Å². The predicted octanol–water partition coefficient (Wildman–Crippen LogP) is 4.60. The molecular weight excluding hydrogens is 344 g/mol. The highest BCUT2D eigenvalue weighted by molar-refractivity contribution is 6.06. The van der Waals surface area contributed by atoms with E-state index in [1.165, 1.54) is 6.08 Å². The van der Waals surface area contributed by atoms with Crippen LogP contribution in [0, 0.1) is 6.92 Å². The van der Waals surface area contributed by atoms with E-state index >= 15 is 0 Å². The fraction of sp³-hybridized carbons (Fsp3) is 0.0952. The van der Waals surface area contributed by atoms with Crippen LogP contribution in [0.3, 0.4) is 0 Å². The molecule has 0 aliphatic heterocycles. The Bertz CT molecular complexity index is 1070. The Morgan fingerprint density at radius 2 is 1.96 bits per heavy atom. The van der Waals surface area contributed by atoms with E-state index in [0.717, 1.165) is 10.9 Å². The number of nitrogens with zero attached hydrogens (tertiary/aromatic N) is 2. The topological polar surface area (TPSA) is 78.4 Å². The third kappa shape index (κ3) is 3.95. The maximum atomic E-state index is 12.3. The minimum absolute atomic E-state index is 0.181. The lowest BCUT2D eigenvalue weighted by atomic mass is 10.1. The van der Waals surface area contributed by atoms with Gasteiger partial charge in [-0.3, -0.25) is 4.79 Å². The fourth-order valence-corrected chi connectivity index (χ4v) is 2.58. The van der Waals surface area contributed by atoms with Crippen LogP contribution in [0.2, 0.25) is 0 Å². The summed E-state index contributed by atoms with van der Waals surface area (Å²) in [6, 6.07) is 16.6. The molecule has 2 heterocycles. The quantitative estimate of drug-likeness (QED) is 0.369. The second-order valence-corrected chi connectivity index (χ2v) is 5.93. The van der Waals surface area contributed by atoms with Crippen LogP contribution < -0.4 is 4.74 Å². The molecule has 134 valence electrons. The van der Waals surface area contributed by atoms with Gasteiger partial charge in [-0.15, -0.1) is 0 Å². The monoisotopic (exact) mass is 360 g/mol. The van der Waals surface area contributed by atoms with Crippen molar-refractivity contribution in [2.24, 2.45) is 0 Å². The normalized spacial score (nSPS) is 11.3. The van der Waals surface area contributed by atoms with Crippen LogP contribution in [0.25, 0.3) is 17.0 Å². The van der Waals surface area contributed by atoms with Crippen LogP contribution in [-0.4, -0.2) is 15.9 Å². The third-order valence-electron chi connectivity index (χ3n) is 3.91. The van der Waals surface area contributed by atoms with Crippen molar-refractivity contribution in [1.82, 2.24) is 10.1 Å². The molecule has 0 radical (unpaired) electrons. The molecule has 0 atom stereocenters. The van der Waals surface area contributed by atoms with Crippen LogP contribution >= 0.6 is 0 Å². The number of aromatic nitrogens is 2. The molecule has 6 heteroatoms. The molecule has 0 saturated heterocycles. The van der Waals surface area contributed by atoms with E-state index in [1.807, 2.05) is 48.5 Å². The molecule has 4 rings (SSSR count). The second-order valence-electron chi connectivity index (χ2n) is 5.93. The van der Waals surface area contributed by atoms with Gasteiger partial charge in [0.05, 0.1) is 0 Å². The lowest BCUT2D eigenvalue weighted by Gasteiger charge is -2.03. The van der Waals surface area contributed by atoms with Crippen LogP contribution in [0.5, 0.6) is 5.75 Å². The van der Waals surface area contributed by atoms with Gasteiger partial charge in [0.1, 0.15) is 11.3 Å². The summed E-state index contributed by atoms with van der Waals surface area (Å²) < 4.78 is 16.1. The number of aryl methyl sites for hydroxylation is 1. The summed E-state index contributed by atoms with van der Waals surface area (Å²) in [5.41, 5.74) is 1.58. The highest BCUT2D eigenvalue weighted by atomic mass is 16.5. The SMILES string of the molecule is Cc1nc(COc2ccc(C=CC(=O)c3cc4ccccc4o3)cc2)no1. The largest absolute Gasteiger partial charge is 0.485 e. The lowest BCUT2D eigenvalue weighted by molar-refractivity contribution is 0.102. The van der Waals surface area contributed by atoms with Crippen molar-refractivity contribution in [3.05, 3.63) is 83.7 Å². The van der Waals surface area contributed by atoms with E-state index in [9.17, 15) is 4.79 Å². The van der Waals surface area contributed by atoms with Gasteiger partial charge in [-0.2, -0.15) is 4.98 Å². The van der Waals surface area contributed by atoms with Crippen molar-refractivity contribution >= 4 is 22.8 Å². The molecule has 2 aromatic carbocycles. The molecule has 0 bridgehead atoms. The van der Waals surface area contributed by atoms with Crippen molar-refractivity contribution in [2.75, 3.05) is 0 Å². The number of hydrogen-bond donors (Lipinski definition) is 0. The second kappa shape index (κ2) is 7.29. The molecule has 4 aromatic rings. The van der Waals surface area contributed by atoms with Crippen molar-refractivity contribution < 1.29 is 18.5 Å². The van der Waals surface area contributed by atoms with Gasteiger partial charge in [-0.05, 0) is 35.9 Å². The first-order chi connectivity index (χ1) is 13.2. The lowest BCUT2D eigenvalue weighted by Crippen LogP contribution is -1.97. The summed E-state index contributed by atoms with van der Waals surface area (Å²) in [6.45, 7) is 1.96. The molecule has 0 saturated carbocycles. The van der Waals surface area contributed by atoms with Crippen molar-refractivity contribution in [3.63, 3.8) is 0 Å². The number of hydrogen-bond acceptors (Lipinski definition) is 6. The molecule has 0 aliphatic rings. The van der Waals surface area contributed by atoms with Gasteiger partial charge >= 0.3 is 0 Å². The van der Waals surface area contributed by atoms with Crippen molar-refractivity contribution in [3.8, 4) is 5.75 Å². The Morgan fingerprint density at radius 3 is 2.70 bits per heavy atom. The van der Waals surface area contributed by atoms with Gasteiger partial charge in [0.2, 0.25) is 17.5 Å².